The first kappa shape index (κ1) is 24.1. The van der Waals surface area contributed by atoms with Crippen molar-refractivity contribution < 1.29 is 37.1 Å². The van der Waals surface area contributed by atoms with Crippen molar-refractivity contribution in [2.75, 3.05) is 61.0 Å². The Morgan fingerprint density at radius 3 is 1.52 bits per heavy atom. The third kappa shape index (κ3) is 10.6. The molecule has 0 saturated carbocycles. The van der Waals surface area contributed by atoms with E-state index in [0.717, 1.165) is 0 Å². The van der Waals surface area contributed by atoms with Gasteiger partial charge >= 0.3 is 8.80 Å². The second-order valence-corrected chi connectivity index (χ2v) is 7.97. The lowest BCUT2D eigenvalue weighted by atomic mass is 10.1. The van der Waals surface area contributed by atoms with E-state index in [1.807, 2.05) is 0 Å². The van der Waals surface area contributed by atoms with E-state index < -0.39 is 20.4 Å². The Hall–Kier alpha value is -0.943. The monoisotopic (exact) mass is 378 g/mol. The van der Waals surface area contributed by atoms with E-state index in [2.05, 4.69) is 6.58 Å². The Bertz CT molecular complexity index is 386. The van der Waals surface area contributed by atoms with Crippen molar-refractivity contribution in [1.82, 2.24) is 0 Å². The third-order valence-electron chi connectivity index (χ3n) is 3.13. The Labute approximate surface area is 150 Å². The summed E-state index contributed by atoms with van der Waals surface area (Å²) in [6.45, 7) is 6.84. The van der Waals surface area contributed by atoms with Crippen LogP contribution in [0, 0.1) is 0 Å². The van der Waals surface area contributed by atoms with Crippen LogP contribution < -0.4 is 0 Å². The highest BCUT2D eigenvalue weighted by Gasteiger charge is 2.42. The summed E-state index contributed by atoms with van der Waals surface area (Å²) in [6.07, 6.45) is -0.0368. The topological polar surface area (TPSA) is 89.5 Å². The molecule has 0 N–H and O–H groups in total. The number of Topliss-reactive ketones (excluding diaryl/α,β-unsaturated/α-hetero) is 2. The highest BCUT2D eigenvalue weighted by Crippen LogP contribution is 2.19. The lowest BCUT2D eigenvalue weighted by Gasteiger charge is -2.29. The molecule has 0 aromatic carbocycles. The molecule has 146 valence electrons. The molecule has 9 heteroatoms. The Morgan fingerprint density at radius 1 is 0.800 bits per heavy atom. The van der Waals surface area contributed by atoms with Gasteiger partial charge in [-0.25, -0.2) is 0 Å². The van der Waals surface area contributed by atoms with Crippen molar-refractivity contribution in [3.8, 4) is 0 Å². The Morgan fingerprint density at radius 2 is 1.20 bits per heavy atom. The van der Waals surface area contributed by atoms with Crippen molar-refractivity contribution in [2.45, 2.75) is 19.4 Å². The number of hydrogen-bond donors (Lipinski definition) is 0. The number of carbonyl (C=O) groups is 2. The maximum atomic E-state index is 12.0. The minimum Gasteiger partial charge on any atom is -0.382 e. The largest absolute Gasteiger partial charge is 0.501 e. The molecule has 8 nitrogen and oxygen atoms in total. The van der Waals surface area contributed by atoms with Crippen LogP contribution in [-0.2, 0) is 37.1 Å². The molecular formula is C16H30O8Si. The molecule has 0 atom stereocenters. The predicted molar refractivity (Wildman–Crippen MR) is 93.5 cm³/mol. The number of allylic oxidation sites excluding steroid dienone is 1. The van der Waals surface area contributed by atoms with Crippen molar-refractivity contribution in [2.24, 2.45) is 0 Å². The lowest BCUT2D eigenvalue weighted by molar-refractivity contribution is -0.134. The summed E-state index contributed by atoms with van der Waals surface area (Å²) in [5.41, 5.74) is 0.207. The molecule has 0 fully saturated rings. The van der Waals surface area contributed by atoms with Gasteiger partial charge in [0.05, 0.1) is 39.6 Å². The summed E-state index contributed by atoms with van der Waals surface area (Å²) < 4.78 is 32.4. The van der Waals surface area contributed by atoms with Crippen LogP contribution in [0.25, 0.3) is 0 Å². The van der Waals surface area contributed by atoms with Crippen LogP contribution in [0.2, 0.25) is 6.04 Å². The fraction of sp³-hybridized carbons (Fsp3) is 0.750. The predicted octanol–water partition coefficient (Wildman–Crippen LogP) is 1.02. The summed E-state index contributed by atoms with van der Waals surface area (Å²) >= 11 is 0. The number of carbonyl (C=O) groups excluding carboxylic acids is 2. The SMILES string of the molecule is C=C(C)C(=O)C(=O)CC[Si](OCCOC)(OCCOC)OCCOC. The maximum absolute atomic E-state index is 12.0. The lowest BCUT2D eigenvalue weighted by Crippen LogP contribution is -2.48. The zero-order chi connectivity index (χ0) is 19.1. The number of methoxy groups -OCH3 is 3. The van der Waals surface area contributed by atoms with Gasteiger partial charge in [-0.15, -0.1) is 0 Å². The van der Waals surface area contributed by atoms with Gasteiger partial charge in [0, 0.05) is 33.8 Å². The van der Waals surface area contributed by atoms with Gasteiger partial charge < -0.3 is 27.5 Å². The molecule has 25 heavy (non-hydrogen) atoms. The summed E-state index contributed by atoms with van der Waals surface area (Å²) in [6, 6.07) is 0.183. The number of hydrogen-bond acceptors (Lipinski definition) is 8. The molecule has 0 aliphatic carbocycles. The first-order valence-corrected chi connectivity index (χ1v) is 9.97. The van der Waals surface area contributed by atoms with E-state index in [9.17, 15) is 9.59 Å². The number of ether oxygens (including phenoxy) is 3. The van der Waals surface area contributed by atoms with E-state index in [4.69, 9.17) is 27.5 Å². The molecule has 0 unspecified atom stereocenters. The van der Waals surface area contributed by atoms with Crippen LogP contribution in [0.1, 0.15) is 13.3 Å². The first-order chi connectivity index (χ1) is 11.9. The molecule has 0 rings (SSSR count). The molecule has 0 aliphatic heterocycles. The number of ketones is 2. The van der Waals surface area contributed by atoms with Crippen molar-refractivity contribution in [1.29, 1.82) is 0 Å². The third-order valence-corrected chi connectivity index (χ3v) is 5.92. The second-order valence-electron chi connectivity index (χ2n) is 5.24. The van der Waals surface area contributed by atoms with Crippen LogP contribution in [0.4, 0.5) is 0 Å². The van der Waals surface area contributed by atoms with Gasteiger partial charge in [0.2, 0.25) is 11.6 Å². The quantitative estimate of drug-likeness (QED) is 0.160. The average Bonchev–Trinajstić information content (AvgIpc) is 2.59. The molecule has 0 radical (unpaired) electrons. The summed E-state index contributed by atoms with van der Waals surface area (Å²) in [5.74, 6) is -1.13. The van der Waals surface area contributed by atoms with Crippen molar-refractivity contribution in [3.05, 3.63) is 12.2 Å². The highest BCUT2D eigenvalue weighted by atomic mass is 28.4. The molecule has 0 heterocycles. The van der Waals surface area contributed by atoms with E-state index in [0.29, 0.717) is 19.8 Å². The van der Waals surface area contributed by atoms with Gasteiger partial charge in [-0.2, -0.15) is 0 Å². The molecule has 0 amide bonds. The highest BCUT2D eigenvalue weighted by molar-refractivity contribution is 6.61. The Kier molecular flexibility index (Phi) is 13.7. The standard InChI is InChI=1S/C16H30O8Si/c1-14(2)16(18)15(17)6-13-25(22-10-7-19-3,23-11-8-20-4)24-12-9-21-5/h1,6-13H2,2-5H3. The van der Waals surface area contributed by atoms with Crippen molar-refractivity contribution >= 4 is 20.4 Å². The van der Waals surface area contributed by atoms with Gasteiger partial charge in [0.25, 0.3) is 0 Å². The molecule has 0 aromatic heterocycles. The first-order valence-electron chi connectivity index (χ1n) is 8.04. The zero-order valence-electron chi connectivity index (χ0n) is 15.6. The summed E-state index contributed by atoms with van der Waals surface area (Å²) in [4.78, 5) is 23.7. The van der Waals surface area contributed by atoms with Crippen LogP contribution in [0.15, 0.2) is 12.2 Å². The van der Waals surface area contributed by atoms with Crippen LogP contribution >= 0.6 is 0 Å². The summed E-state index contributed by atoms with van der Waals surface area (Å²) in [7, 11) is 1.47. The zero-order valence-corrected chi connectivity index (χ0v) is 16.6. The molecular weight excluding hydrogens is 348 g/mol. The smallest absolute Gasteiger partial charge is 0.382 e. The fourth-order valence-electron chi connectivity index (χ4n) is 1.80. The normalized spacial score (nSPS) is 11.5. The molecule has 0 aromatic rings. The second kappa shape index (κ2) is 14.2. The average molecular weight is 378 g/mol. The van der Waals surface area contributed by atoms with Crippen LogP contribution in [-0.4, -0.2) is 81.3 Å². The molecule has 0 aliphatic rings. The van der Waals surface area contributed by atoms with Gasteiger partial charge in [-0.3, -0.25) is 9.59 Å². The molecule has 0 bridgehead atoms. The maximum Gasteiger partial charge on any atom is 0.501 e. The van der Waals surface area contributed by atoms with E-state index in [1.165, 1.54) is 6.92 Å². The minimum absolute atomic E-state index is 0.0368. The van der Waals surface area contributed by atoms with Gasteiger partial charge in [0.15, 0.2) is 0 Å². The fourth-order valence-corrected chi connectivity index (χ4v) is 4.20. The Balaban J connectivity index is 5.00. The van der Waals surface area contributed by atoms with Crippen LogP contribution in [0.3, 0.4) is 0 Å². The minimum atomic E-state index is -3.19. The van der Waals surface area contributed by atoms with Gasteiger partial charge in [-0.1, -0.05) is 6.58 Å². The van der Waals surface area contributed by atoms with E-state index in [-0.39, 0.29) is 37.9 Å². The van der Waals surface area contributed by atoms with Crippen LogP contribution in [0.5, 0.6) is 0 Å². The molecule has 0 saturated heterocycles. The van der Waals surface area contributed by atoms with Crippen molar-refractivity contribution in [3.63, 3.8) is 0 Å². The van der Waals surface area contributed by atoms with E-state index >= 15 is 0 Å². The van der Waals surface area contributed by atoms with Gasteiger partial charge in [-0.05, 0) is 12.5 Å². The van der Waals surface area contributed by atoms with Gasteiger partial charge in [0.1, 0.15) is 0 Å². The number of rotatable bonds is 17. The van der Waals surface area contributed by atoms with E-state index in [1.54, 1.807) is 21.3 Å². The molecule has 0 spiro atoms. The summed E-state index contributed by atoms with van der Waals surface area (Å²) in [5, 5.41) is 0.